The van der Waals surface area contributed by atoms with E-state index in [9.17, 15) is 17.7 Å². The Hall–Kier alpha value is -1.98. The average Bonchev–Trinajstić information content (AvgIpc) is 2.35. The van der Waals surface area contributed by atoms with Crippen LogP contribution in [-0.4, -0.2) is 20.1 Å². The number of esters is 1. The number of carbonyl (C=O) groups excluding carboxylic acids is 1. The highest BCUT2D eigenvalue weighted by Gasteiger charge is 2.27. The maximum atomic E-state index is 12.9. The van der Waals surface area contributed by atoms with E-state index in [2.05, 4.69) is 4.74 Å². The second-order valence-electron chi connectivity index (χ2n) is 3.81. The lowest BCUT2D eigenvalue weighted by molar-refractivity contribution is 0.0603. The topological polar surface area (TPSA) is 26.3 Å². The van der Waals surface area contributed by atoms with Gasteiger partial charge >= 0.3 is 12.9 Å². The highest BCUT2D eigenvalue weighted by atomic mass is 19.4. The summed E-state index contributed by atoms with van der Waals surface area (Å²) in [6, 6.07) is 8.00. The second kappa shape index (κ2) is 4.36. The van der Waals surface area contributed by atoms with Gasteiger partial charge in [-0.1, -0.05) is 30.3 Å². The van der Waals surface area contributed by atoms with Gasteiger partial charge in [0.2, 0.25) is 0 Å². The van der Waals surface area contributed by atoms with E-state index in [0.29, 0.717) is 0 Å². The number of rotatable bonds is 2. The average molecular weight is 253 g/mol. The summed E-state index contributed by atoms with van der Waals surface area (Å²) in [5.74, 6) is -0.646. The van der Waals surface area contributed by atoms with E-state index in [0.717, 1.165) is 6.07 Å². The molecular formula is C12H9BF3O2-. The smallest absolute Gasteiger partial charge is 0.465 e. The van der Waals surface area contributed by atoms with Crippen molar-refractivity contribution in [3.05, 3.63) is 42.0 Å². The number of benzene rings is 2. The molecule has 6 heteroatoms. The minimum absolute atomic E-state index is 0.0212. The van der Waals surface area contributed by atoms with E-state index < -0.39 is 18.4 Å². The quantitative estimate of drug-likeness (QED) is 0.607. The minimum atomic E-state index is -5.11. The molecule has 0 bridgehead atoms. The standard InChI is InChI=1S/C12H9BF3O2/c1-18-12(17)10-6-2-5-9-8(10)4-3-7-11(9)13(14,15)16/h2-7H,1H3/q-1. The van der Waals surface area contributed by atoms with Crippen LogP contribution < -0.4 is 5.46 Å². The molecule has 0 atom stereocenters. The molecule has 94 valence electrons. The molecule has 0 aromatic heterocycles. The summed E-state index contributed by atoms with van der Waals surface area (Å²) >= 11 is 0. The molecule has 0 heterocycles. The molecule has 0 saturated carbocycles. The number of hydrogen-bond acceptors (Lipinski definition) is 2. The van der Waals surface area contributed by atoms with Crippen molar-refractivity contribution in [2.75, 3.05) is 7.11 Å². The zero-order valence-electron chi connectivity index (χ0n) is 9.49. The van der Waals surface area contributed by atoms with E-state index in [1.165, 1.54) is 37.4 Å². The summed E-state index contributed by atoms with van der Waals surface area (Å²) in [7, 11) is 1.19. The van der Waals surface area contributed by atoms with Crippen LogP contribution in [0.1, 0.15) is 10.4 Å². The first-order chi connectivity index (χ1) is 8.45. The van der Waals surface area contributed by atoms with Crippen LogP contribution in [0.3, 0.4) is 0 Å². The zero-order chi connectivity index (χ0) is 13.3. The van der Waals surface area contributed by atoms with Gasteiger partial charge in [0.15, 0.2) is 0 Å². The molecule has 2 nitrogen and oxygen atoms in total. The summed E-state index contributed by atoms with van der Waals surface area (Å²) in [4.78, 5) is 11.5. The van der Waals surface area contributed by atoms with E-state index in [1.54, 1.807) is 0 Å². The van der Waals surface area contributed by atoms with Gasteiger partial charge in [0.05, 0.1) is 12.7 Å². The zero-order valence-corrected chi connectivity index (χ0v) is 9.49. The van der Waals surface area contributed by atoms with Crippen molar-refractivity contribution in [3.8, 4) is 0 Å². The molecule has 0 unspecified atom stereocenters. The third kappa shape index (κ3) is 2.06. The molecule has 0 fully saturated rings. The Bertz CT molecular complexity index is 608. The van der Waals surface area contributed by atoms with Gasteiger partial charge in [0, 0.05) is 0 Å². The van der Waals surface area contributed by atoms with E-state index >= 15 is 0 Å². The monoisotopic (exact) mass is 253 g/mol. The van der Waals surface area contributed by atoms with E-state index in [4.69, 9.17) is 0 Å². The van der Waals surface area contributed by atoms with E-state index in [1.807, 2.05) is 0 Å². The van der Waals surface area contributed by atoms with Gasteiger partial charge in [-0.25, -0.2) is 4.79 Å². The van der Waals surface area contributed by atoms with Gasteiger partial charge in [-0.15, -0.1) is 5.46 Å². The molecule has 0 aliphatic rings. The van der Waals surface area contributed by atoms with Gasteiger partial charge in [-0.05, 0) is 16.8 Å². The van der Waals surface area contributed by atoms with Crippen LogP contribution in [0.15, 0.2) is 36.4 Å². The second-order valence-corrected chi connectivity index (χ2v) is 3.81. The molecule has 2 aromatic rings. The van der Waals surface area contributed by atoms with Crippen LogP contribution in [0, 0.1) is 0 Å². The van der Waals surface area contributed by atoms with Crippen molar-refractivity contribution >= 4 is 29.2 Å². The Morgan fingerprint density at radius 2 is 1.67 bits per heavy atom. The first kappa shape index (κ1) is 12.5. The Labute approximate surface area is 101 Å². The summed E-state index contributed by atoms with van der Waals surface area (Å²) in [5.41, 5.74) is -0.560. The van der Waals surface area contributed by atoms with Gasteiger partial charge in [-0.3, -0.25) is 0 Å². The Balaban J connectivity index is 2.78. The van der Waals surface area contributed by atoms with Gasteiger partial charge in [0.1, 0.15) is 0 Å². The van der Waals surface area contributed by atoms with Crippen LogP contribution >= 0.6 is 0 Å². The molecule has 0 saturated heterocycles. The highest BCUT2D eigenvalue weighted by Crippen LogP contribution is 2.22. The molecule has 18 heavy (non-hydrogen) atoms. The fourth-order valence-electron chi connectivity index (χ4n) is 1.91. The van der Waals surface area contributed by atoms with Crippen molar-refractivity contribution in [3.63, 3.8) is 0 Å². The first-order valence-electron chi connectivity index (χ1n) is 5.25. The number of methoxy groups -OCH3 is 1. The lowest BCUT2D eigenvalue weighted by atomic mass is 9.76. The van der Waals surface area contributed by atoms with Crippen molar-refractivity contribution in [2.45, 2.75) is 0 Å². The van der Waals surface area contributed by atoms with Crippen molar-refractivity contribution < 1.29 is 22.5 Å². The molecule has 0 N–H and O–H groups in total. The fraction of sp³-hybridized carbons (Fsp3) is 0.0833. The lowest BCUT2D eigenvalue weighted by Gasteiger charge is -2.18. The largest absolute Gasteiger partial charge is 0.510 e. The van der Waals surface area contributed by atoms with Crippen LogP contribution in [0.25, 0.3) is 10.8 Å². The van der Waals surface area contributed by atoms with Gasteiger partial charge in [-0.2, -0.15) is 0 Å². The molecule has 2 aromatic carbocycles. The van der Waals surface area contributed by atoms with Crippen LogP contribution in [-0.2, 0) is 4.74 Å². The normalized spacial score (nSPS) is 11.6. The molecule has 0 aliphatic heterocycles. The van der Waals surface area contributed by atoms with Gasteiger partial charge in [0.25, 0.3) is 0 Å². The van der Waals surface area contributed by atoms with Gasteiger partial charge < -0.3 is 17.7 Å². The molecule has 0 amide bonds. The Morgan fingerprint density at radius 1 is 1.06 bits per heavy atom. The predicted molar refractivity (Wildman–Crippen MR) is 64.0 cm³/mol. The highest BCUT2D eigenvalue weighted by molar-refractivity contribution is 6.76. The maximum absolute atomic E-state index is 12.9. The van der Waals surface area contributed by atoms with E-state index in [-0.39, 0.29) is 16.3 Å². The molecule has 0 aliphatic carbocycles. The fourth-order valence-corrected chi connectivity index (χ4v) is 1.91. The van der Waals surface area contributed by atoms with Crippen LogP contribution in [0.5, 0.6) is 0 Å². The molecule has 2 rings (SSSR count). The third-order valence-electron chi connectivity index (χ3n) is 2.71. The first-order valence-corrected chi connectivity index (χ1v) is 5.25. The number of halogens is 3. The number of carbonyl (C=O) groups is 1. The number of hydrogen-bond donors (Lipinski definition) is 0. The Kier molecular flexibility index (Phi) is 3.03. The lowest BCUT2D eigenvalue weighted by Crippen LogP contribution is -2.34. The predicted octanol–water partition coefficient (Wildman–Crippen LogP) is 2.68. The van der Waals surface area contributed by atoms with Crippen molar-refractivity contribution in [2.24, 2.45) is 0 Å². The molecule has 0 radical (unpaired) electrons. The number of fused-ring (bicyclic) bond motifs is 1. The summed E-state index contributed by atoms with van der Waals surface area (Å²) < 4.78 is 43.2. The van der Waals surface area contributed by atoms with Crippen LogP contribution in [0.2, 0.25) is 0 Å². The third-order valence-corrected chi connectivity index (χ3v) is 2.71. The Morgan fingerprint density at radius 3 is 2.28 bits per heavy atom. The minimum Gasteiger partial charge on any atom is -0.465 e. The summed E-state index contributed by atoms with van der Waals surface area (Å²) in [5, 5.41) is 0.272. The SMILES string of the molecule is COC(=O)c1cccc2c([B-](F)(F)F)cccc12. The molecule has 0 spiro atoms. The summed E-state index contributed by atoms with van der Waals surface area (Å²) in [6.07, 6.45) is 0. The van der Waals surface area contributed by atoms with Crippen molar-refractivity contribution in [1.29, 1.82) is 0 Å². The van der Waals surface area contributed by atoms with Crippen LogP contribution in [0.4, 0.5) is 12.9 Å². The maximum Gasteiger partial charge on any atom is 0.510 e. The summed E-state index contributed by atoms with van der Waals surface area (Å²) in [6.45, 7) is -5.11. The molecular weight excluding hydrogens is 244 g/mol. The van der Waals surface area contributed by atoms with Crippen molar-refractivity contribution in [1.82, 2.24) is 0 Å². The number of ether oxygens (including phenoxy) is 1.